The number of hydrogen-bond acceptors (Lipinski definition) is 2. The molecule has 3 heteroatoms. The highest BCUT2D eigenvalue weighted by Crippen LogP contribution is 2.29. The van der Waals surface area contributed by atoms with E-state index in [2.05, 4.69) is 6.92 Å². The summed E-state index contributed by atoms with van der Waals surface area (Å²) in [5.41, 5.74) is 6.42. The third-order valence-corrected chi connectivity index (χ3v) is 4.16. The van der Waals surface area contributed by atoms with Crippen molar-refractivity contribution in [3.8, 4) is 0 Å². The van der Waals surface area contributed by atoms with Crippen LogP contribution in [0.1, 0.15) is 57.4 Å². The van der Waals surface area contributed by atoms with Gasteiger partial charge in [0.15, 0.2) is 0 Å². The van der Waals surface area contributed by atoms with Gasteiger partial charge in [0.2, 0.25) is 0 Å². The predicted octanol–water partition coefficient (Wildman–Crippen LogP) is 3.77. The van der Waals surface area contributed by atoms with Crippen molar-refractivity contribution in [3.05, 3.63) is 35.6 Å². The monoisotopic (exact) mass is 281 g/mol. The minimum atomic E-state index is -0.418. The first-order valence-electron chi connectivity index (χ1n) is 7.75. The van der Waals surface area contributed by atoms with Gasteiger partial charge in [0.25, 0.3) is 0 Å². The van der Waals surface area contributed by atoms with Gasteiger partial charge in [-0.25, -0.2) is 4.39 Å². The van der Waals surface area contributed by atoms with E-state index in [1.54, 1.807) is 12.1 Å². The van der Waals surface area contributed by atoms with Crippen LogP contribution in [0.4, 0.5) is 4.39 Å². The van der Waals surface area contributed by atoms with Crippen LogP contribution in [-0.2, 0) is 5.41 Å². The molecule has 20 heavy (non-hydrogen) atoms. The molecule has 114 valence electrons. The summed E-state index contributed by atoms with van der Waals surface area (Å²) in [6.07, 6.45) is 8.14. The van der Waals surface area contributed by atoms with Gasteiger partial charge in [-0.05, 0) is 24.1 Å². The van der Waals surface area contributed by atoms with Crippen molar-refractivity contribution in [2.24, 2.45) is 5.73 Å². The molecule has 0 radical (unpaired) electrons. The highest BCUT2D eigenvalue weighted by molar-refractivity contribution is 5.26. The third kappa shape index (κ3) is 4.88. The van der Waals surface area contributed by atoms with Gasteiger partial charge in [-0.1, -0.05) is 57.6 Å². The average molecular weight is 281 g/mol. The van der Waals surface area contributed by atoms with Gasteiger partial charge in [-0.15, -0.1) is 0 Å². The van der Waals surface area contributed by atoms with Crippen molar-refractivity contribution in [2.45, 2.75) is 57.3 Å². The minimum Gasteiger partial charge on any atom is -0.395 e. The van der Waals surface area contributed by atoms with Gasteiger partial charge in [0.1, 0.15) is 5.82 Å². The van der Waals surface area contributed by atoms with Crippen molar-refractivity contribution in [1.29, 1.82) is 0 Å². The second-order valence-electron chi connectivity index (χ2n) is 5.67. The van der Waals surface area contributed by atoms with Crippen LogP contribution in [0.25, 0.3) is 0 Å². The number of aliphatic hydroxyl groups is 1. The van der Waals surface area contributed by atoms with Crippen LogP contribution >= 0.6 is 0 Å². The van der Waals surface area contributed by atoms with E-state index < -0.39 is 5.41 Å². The molecule has 0 aliphatic heterocycles. The molecule has 0 aliphatic carbocycles. The molecule has 1 aromatic carbocycles. The standard InChI is InChI=1S/C17H28FNO/c1-2-3-4-5-6-7-12-17(13-19,14-20)15-8-10-16(18)11-9-15/h8-11,20H,2-7,12-14,19H2,1H3. The molecule has 1 unspecified atom stereocenters. The molecule has 1 aromatic rings. The van der Waals surface area contributed by atoms with Crippen LogP contribution in [0.3, 0.4) is 0 Å². The molecule has 0 saturated carbocycles. The SMILES string of the molecule is CCCCCCCCC(CN)(CO)c1ccc(F)cc1. The average Bonchev–Trinajstić information content (AvgIpc) is 2.48. The Bertz CT molecular complexity index is 360. The summed E-state index contributed by atoms with van der Waals surface area (Å²) in [6.45, 7) is 2.62. The highest BCUT2D eigenvalue weighted by atomic mass is 19.1. The molecule has 0 aromatic heterocycles. The largest absolute Gasteiger partial charge is 0.395 e. The minimum absolute atomic E-state index is 0.0179. The number of unbranched alkanes of at least 4 members (excludes halogenated alkanes) is 5. The summed E-state index contributed by atoms with van der Waals surface area (Å²) in [7, 11) is 0. The number of rotatable bonds is 10. The zero-order valence-electron chi connectivity index (χ0n) is 12.6. The third-order valence-electron chi connectivity index (χ3n) is 4.16. The first kappa shape index (κ1) is 17.1. The van der Waals surface area contributed by atoms with Crippen LogP contribution in [0, 0.1) is 5.82 Å². The van der Waals surface area contributed by atoms with Crippen LogP contribution in [0.15, 0.2) is 24.3 Å². The van der Waals surface area contributed by atoms with Gasteiger partial charge in [0.05, 0.1) is 6.61 Å². The van der Waals surface area contributed by atoms with Crippen molar-refractivity contribution in [1.82, 2.24) is 0 Å². The topological polar surface area (TPSA) is 46.2 Å². The fourth-order valence-electron chi connectivity index (χ4n) is 2.65. The first-order chi connectivity index (χ1) is 9.68. The molecular formula is C17H28FNO. The predicted molar refractivity (Wildman–Crippen MR) is 82.2 cm³/mol. The Balaban J connectivity index is 2.56. The number of nitrogens with two attached hydrogens (primary N) is 1. The summed E-state index contributed by atoms with van der Waals surface area (Å²) in [5, 5.41) is 9.77. The summed E-state index contributed by atoms with van der Waals surface area (Å²) in [6, 6.07) is 6.37. The quantitative estimate of drug-likeness (QED) is 0.641. The van der Waals surface area contributed by atoms with Gasteiger partial charge < -0.3 is 10.8 Å². The lowest BCUT2D eigenvalue weighted by Crippen LogP contribution is -2.38. The summed E-state index contributed by atoms with van der Waals surface area (Å²) >= 11 is 0. The molecular weight excluding hydrogens is 253 g/mol. The van der Waals surface area contributed by atoms with Gasteiger partial charge >= 0.3 is 0 Å². The lowest BCUT2D eigenvalue weighted by Gasteiger charge is -2.31. The molecule has 0 aliphatic rings. The second kappa shape index (κ2) is 9.09. The van der Waals surface area contributed by atoms with E-state index in [-0.39, 0.29) is 12.4 Å². The zero-order chi connectivity index (χ0) is 14.8. The van der Waals surface area contributed by atoms with Crippen molar-refractivity contribution in [3.63, 3.8) is 0 Å². The Morgan fingerprint density at radius 3 is 2.20 bits per heavy atom. The lowest BCUT2D eigenvalue weighted by molar-refractivity contribution is 0.184. The van der Waals surface area contributed by atoms with Crippen LogP contribution in [0.5, 0.6) is 0 Å². The molecule has 3 N–H and O–H groups in total. The van der Waals surface area contributed by atoms with Crippen molar-refractivity contribution in [2.75, 3.05) is 13.2 Å². The fraction of sp³-hybridized carbons (Fsp3) is 0.647. The molecule has 0 spiro atoms. The van der Waals surface area contributed by atoms with Gasteiger partial charge in [-0.2, -0.15) is 0 Å². The van der Waals surface area contributed by atoms with E-state index in [0.717, 1.165) is 18.4 Å². The summed E-state index contributed by atoms with van der Waals surface area (Å²) in [4.78, 5) is 0. The smallest absolute Gasteiger partial charge is 0.123 e. The summed E-state index contributed by atoms with van der Waals surface area (Å²) in [5.74, 6) is -0.253. The molecule has 0 fully saturated rings. The maximum atomic E-state index is 13.0. The lowest BCUT2D eigenvalue weighted by atomic mass is 9.77. The first-order valence-corrected chi connectivity index (χ1v) is 7.75. The van der Waals surface area contributed by atoms with Crippen molar-refractivity contribution < 1.29 is 9.50 Å². The van der Waals surface area contributed by atoms with E-state index in [1.807, 2.05) is 0 Å². The Morgan fingerprint density at radius 2 is 1.65 bits per heavy atom. The van der Waals surface area contributed by atoms with Gasteiger partial charge in [-0.3, -0.25) is 0 Å². The van der Waals surface area contributed by atoms with E-state index in [1.165, 1.54) is 44.2 Å². The van der Waals surface area contributed by atoms with Crippen LogP contribution < -0.4 is 5.73 Å². The molecule has 1 atom stereocenters. The van der Waals surface area contributed by atoms with E-state index in [9.17, 15) is 9.50 Å². The Morgan fingerprint density at radius 1 is 1.05 bits per heavy atom. The second-order valence-corrected chi connectivity index (χ2v) is 5.67. The zero-order valence-corrected chi connectivity index (χ0v) is 12.6. The Hall–Kier alpha value is -0.930. The molecule has 0 heterocycles. The van der Waals surface area contributed by atoms with Gasteiger partial charge in [0, 0.05) is 12.0 Å². The number of hydrogen-bond donors (Lipinski definition) is 2. The van der Waals surface area contributed by atoms with Crippen molar-refractivity contribution >= 4 is 0 Å². The number of aliphatic hydroxyl groups excluding tert-OH is 1. The van der Waals surface area contributed by atoms with Crippen LogP contribution in [-0.4, -0.2) is 18.3 Å². The fourth-order valence-corrected chi connectivity index (χ4v) is 2.65. The molecule has 1 rings (SSSR count). The highest BCUT2D eigenvalue weighted by Gasteiger charge is 2.29. The number of benzene rings is 1. The molecule has 0 amide bonds. The van der Waals surface area contributed by atoms with E-state index >= 15 is 0 Å². The van der Waals surface area contributed by atoms with E-state index in [4.69, 9.17) is 5.73 Å². The number of halogens is 1. The van der Waals surface area contributed by atoms with Crippen LogP contribution in [0.2, 0.25) is 0 Å². The maximum Gasteiger partial charge on any atom is 0.123 e. The molecule has 2 nitrogen and oxygen atoms in total. The molecule has 0 saturated heterocycles. The normalized spacial score (nSPS) is 14.2. The van der Waals surface area contributed by atoms with E-state index in [0.29, 0.717) is 6.54 Å². The Kier molecular flexibility index (Phi) is 7.78. The molecule has 0 bridgehead atoms. The Labute approximate surface area is 122 Å². The summed E-state index contributed by atoms with van der Waals surface area (Å²) < 4.78 is 13.0. The maximum absolute atomic E-state index is 13.0.